The quantitative estimate of drug-likeness (QED) is 0.703. The van der Waals surface area contributed by atoms with Crippen LogP contribution in [0.15, 0.2) is 59.7 Å². The van der Waals surface area contributed by atoms with Gasteiger partial charge in [-0.2, -0.15) is 4.98 Å². The summed E-state index contributed by atoms with van der Waals surface area (Å²) in [6, 6.07) is 15.0. The number of para-hydroxylation sites is 1. The molecule has 0 unspecified atom stereocenters. The number of hydrogen-bond acceptors (Lipinski definition) is 3. The van der Waals surface area contributed by atoms with Crippen molar-refractivity contribution < 1.29 is 4.74 Å². The largest absolute Gasteiger partial charge is 0.497 e. The number of ether oxygens (including phenoxy) is 1. The second-order valence-corrected chi connectivity index (χ2v) is 4.13. The topological polar surface area (TPSA) is 44.1 Å². The lowest BCUT2D eigenvalue weighted by Crippen LogP contribution is -2.11. The molecule has 19 heavy (non-hydrogen) atoms. The van der Waals surface area contributed by atoms with E-state index in [1.807, 2.05) is 47.0 Å². The van der Waals surface area contributed by atoms with Crippen LogP contribution in [-0.2, 0) is 0 Å². The van der Waals surface area contributed by atoms with Crippen molar-refractivity contribution in [3.63, 3.8) is 0 Å². The van der Waals surface area contributed by atoms with Crippen molar-refractivity contribution in [3.8, 4) is 11.4 Å². The van der Waals surface area contributed by atoms with Crippen LogP contribution in [0.2, 0.25) is 0 Å². The minimum absolute atomic E-state index is 0.208. The number of rotatable bonds is 2. The molecule has 0 fully saturated rings. The number of nitrogens with zero attached hydrogens (tertiary/aromatic N) is 2. The molecule has 0 saturated heterocycles. The summed E-state index contributed by atoms with van der Waals surface area (Å²) in [4.78, 5) is 15.6. The van der Waals surface area contributed by atoms with Gasteiger partial charge in [0.05, 0.1) is 18.0 Å². The average molecular weight is 252 g/mol. The van der Waals surface area contributed by atoms with Gasteiger partial charge in [-0.1, -0.05) is 12.1 Å². The molecule has 0 aliphatic heterocycles. The second kappa shape index (κ2) is 4.57. The first-order valence-corrected chi connectivity index (χ1v) is 5.90. The zero-order chi connectivity index (χ0) is 13.2. The summed E-state index contributed by atoms with van der Waals surface area (Å²) in [5.41, 5.74) is 1.57. The molecule has 0 atom stereocenters. The maximum absolute atomic E-state index is 11.7. The third-order valence-electron chi connectivity index (χ3n) is 3.04. The number of benzene rings is 2. The summed E-state index contributed by atoms with van der Waals surface area (Å²) in [6.45, 7) is 0. The van der Waals surface area contributed by atoms with Crippen LogP contribution in [0.25, 0.3) is 16.6 Å². The monoisotopic (exact) mass is 252 g/mol. The number of methoxy groups -OCH3 is 1. The highest BCUT2D eigenvalue weighted by Crippen LogP contribution is 2.18. The van der Waals surface area contributed by atoms with E-state index in [9.17, 15) is 4.79 Å². The predicted octanol–water partition coefficient (Wildman–Crippen LogP) is 2.39. The van der Waals surface area contributed by atoms with Gasteiger partial charge in [0, 0.05) is 5.69 Å². The number of fused-ring (bicyclic) bond motifs is 1. The zero-order valence-corrected chi connectivity index (χ0v) is 10.4. The minimum Gasteiger partial charge on any atom is -0.497 e. The summed E-state index contributed by atoms with van der Waals surface area (Å²) >= 11 is 0. The zero-order valence-electron chi connectivity index (χ0n) is 10.4. The van der Waals surface area contributed by atoms with Gasteiger partial charge in [-0.05, 0) is 36.4 Å². The molecule has 94 valence electrons. The maximum Gasteiger partial charge on any atom is 0.280 e. The molecule has 0 spiro atoms. The SMILES string of the molecule is COc1ccc(-n2cnc(=O)c3ccccc32)cc1. The minimum atomic E-state index is -0.208. The molecule has 0 aliphatic rings. The summed E-state index contributed by atoms with van der Waals surface area (Å²) in [5, 5.41) is 0.612. The highest BCUT2D eigenvalue weighted by Gasteiger charge is 2.04. The van der Waals surface area contributed by atoms with Gasteiger partial charge in [-0.25, -0.2) is 0 Å². The average Bonchev–Trinajstić information content (AvgIpc) is 2.48. The highest BCUT2D eigenvalue weighted by atomic mass is 16.5. The highest BCUT2D eigenvalue weighted by molar-refractivity contribution is 5.79. The van der Waals surface area contributed by atoms with Crippen molar-refractivity contribution in [1.82, 2.24) is 9.55 Å². The van der Waals surface area contributed by atoms with Crippen molar-refractivity contribution >= 4 is 10.9 Å². The molecule has 1 heterocycles. The first-order chi connectivity index (χ1) is 9.29. The lowest BCUT2D eigenvalue weighted by atomic mass is 10.2. The van der Waals surface area contributed by atoms with Crippen LogP contribution in [0.5, 0.6) is 5.75 Å². The molecule has 0 saturated carbocycles. The fraction of sp³-hybridized carbons (Fsp3) is 0.0667. The molecule has 0 amide bonds. The second-order valence-electron chi connectivity index (χ2n) is 4.13. The Morgan fingerprint density at radius 2 is 1.79 bits per heavy atom. The number of aromatic nitrogens is 2. The smallest absolute Gasteiger partial charge is 0.280 e. The van der Waals surface area contributed by atoms with Crippen LogP contribution >= 0.6 is 0 Å². The fourth-order valence-electron chi connectivity index (χ4n) is 2.06. The molecule has 2 aromatic carbocycles. The summed E-state index contributed by atoms with van der Waals surface area (Å²) in [5.74, 6) is 0.794. The third kappa shape index (κ3) is 1.97. The Balaban J connectivity index is 2.24. The Hall–Kier alpha value is -2.62. The van der Waals surface area contributed by atoms with E-state index in [-0.39, 0.29) is 5.56 Å². The van der Waals surface area contributed by atoms with E-state index in [0.717, 1.165) is 17.0 Å². The Kier molecular flexibility index (Phi) is 2.76. The van der Waals surface area contributed by atoms with Gasteiger partial charge < -0.3 is 9.30 Å². The van der Waals surface area contributed by atoms with Crippen molar-refractivity contribution in [3.05, 3.63) is 65.2 Å². The van der Waals surface area contributed by atoms with Crippen LogP contribution in [0, 0.1) is 0 Å². The predicted molar refractivity (Wildman–Crippen MR) is 73.9 cm³/mol. The van der Waals surface area contributed by atoms with Gasteiger partial charge in [-0.3, -0.25) is 4.79 Å². The Bertz CT molecular complexity index is 776. The maximum atomic E-state index is 11.7. The molecule has 0 N–H and O–H groups in total. The van der Waals surface area contributed by atoms with E-state index in [1.54, 1.807) is 19.5 Å². The molecule has 0 aliphatic carbocycles. The molecular weight excluding hydrogens is 240 g/mol. The van der Waals surface area contributed by atoms with E-state index >= 15 is 0 Å². The normalized spacial score (nSPS) is 10.6. The van der Waals surface area contributed by atoms with Gasteiger partial charge in [0.25, 0.3) is 5.56 Å². The molecule has 1 aromatic heterocycles. The van der Waals surface area contributed by atoms with Crippen molar-refractivity contribution in [2.45, 2.75) is 0 Å². The molecule has 4 nitrogen and oxygen atoms in total. The van der Waals surface area contributed by atoms with Crippen LogP contribution in [0.4, 0.5) is 0 Å². The first-order valence-electron chi connectivity index (χ1n) is 5.90. The Morgan fingerprint density at radius 1 is 1.05 bits per heavy atom. The van der Waals surface area contributed by atoms with E-state index in [1.165, 1.54) is 0 Å². The molecule has 0 bridgehead atoms. The van der Waals surface area contributed by atoms with E-state index in [2.05, 4.69) is 4.98 Å². The van der Waals surface area contributed by atoms with Gasteiger partial charge in [-0.15, -0.1) is 0 Å². The molecule has 3 aromatic rings. The number of hydrogen-bond donors (Lipinski definition) is 0. The lowest BCUT2D eigenvalue weighted by Gasteiger charge is -2.10. The standard InChI is InChI=1S/C15H12N2O2/c1-19-12-8-6-11(7-9-12)17-10-16-15(18)13-4-2-3-5-14(13)17/h2-10H,1H3. The Morgan fingerprint density at radius 3 is 2.53 bits per heavy atom. The third-order valence-corrected chi connectivity index (χ3v) is 3.04. The van der Waals surface area contributed by atoms with Gasteiger partial charge in [0.15, 0.2) is 0 Å². The molecule has 3 rings (SSSR count). The van der Waals surface area contributed by atoms with Crippen molar-refractivity contribution in [1.29, 1.82) is 0 Å². The summed E-state index contributed by atoms with van der Waals surface area (Å²) < 4.78 is 7.02. The summed E-state index contributed by atoms with van der Waals surface area (Å²) in [7, 11) is 1.63. The Labute approximate surface area is 109 Å². The van der Waals surface area contributed by atoms with Crippen LogP contribution in [0.1, 0.15) is 0 Å². The van der Waals surface area contributed by atoms with Crippen LogP contribution < -0.4 is 10.3 Å². The van der Waals surface area contributed by atoms with Crippen molar-refractivity contribution in [2.24, 2.45) is 0 Å². The summed E-state index contributed by atoms with van der Waals surface area (Å²) in [6.07, 6.45) is 1.55. The first kappa shape index (κ1) is 11.5. The lowest BCUT2D eigenvalue weighted by molar-refractivity contribution is 0.415. The van der Waals surface area contributed by atoms with Crippen LogP contribution in [-0.4, -0.2) is 16.7 Å². The molecule has 4 heteroatoms. The van der Waals surface area contributed by atoms with E-state index < -0.39 is 0 Å². The van der Waals surface area contributed by atoms with Crippen molar-refractivity contribution in [2.75, 3.05) is 7.11 Å². The van der Waals surface area contributed by atoms with E-state index in [0.29, 0.717) is 5.39 Å². The van der Waals surface area contributed by atoms with Crippen LogP contribution in [0.3, 0.4) is 0 Å². The fourth-order valence-corrected chi connectivity index (χ4v) is 2.06. The molecular formula is C15H12N2O2. The van der Waals surface area contributed by atoms with Gasteiger partial charge in [0.2, 0.25) is 0 Å². The van der Waals surface area contributed by atoms with Gasteiger partial charge >= 0.3 is 0 Å². The van der Waals surface area contributed by atoms with E-state index in [4.69, 9.17) is 4.74 Å². The van der Waals surface area contributed by atoms with Gasteiger partial charge in [0.1, 0.15) is 12.1 Å². The molecule has 0 radical (unpaired) electrons.